The van der Waals surface area contributed by atoms with Gasteiger partial charge in [-0.25, -0.2) is 0 Å². The van der Waals surface area contributed by atoms with Gasteiger partial charge in [0.15, 0.2) is 0 Å². The van der Waals surface area contributed by atoms with Gasteiger partial charge in [-0.3, -0.25) is 0 Å². The molecular formula is C17H27NO3. The van der Waals surface area contributed by atoms with Crippen molar-refractivity contribution in [1.82, 2.24) is 5.32 Å². The van der Waals surface area contributed by atoms with E-state index in [-0.39, 0.29) is 18.8 Å². The summed E-state index contributed by atoms with van der Waals surface area (Å²) in [5.74, 6) is 2.30. The summed E-state index contributed by atoms with van der Waals surface area (Å²) in [6, 6.07) is 3.97. The first-order valence-electron chi connectivity index (χ1n) is 7.85. The molecule has 1 aromatic rings. The average molecular weight is 293 g/mol. The smallest absolute Gasteiger partial charge is 0.124 e. The van der Waals surface area contributed by atoms with Crippen LogP contribution in [-0.4, -0.2) is 31.0 Å². The zero-order valence-electron chi connectivity index (χ0n) is 13.5. The first kappa shape index (κ1) is 16.1. The number of ether oxygens (including phenoxy) is 2. The van der Waals surface area contributed by atoms with Gasteiger partial charge in [-0.05, 0) is 38.4 Å². The van der Waals surface area contributed by atoms with Gasteiger partial charge in [0.05, 0.1) is 19.3 Å². The Morgan fingerprint density at radius 2 is 2.19 bits per heavy atom. The molecule has 2 atom stereocenters. The lowest BCUT2D eigenvalue weighted by Gasteiger charge is -2.22. The molecule has 0 aromatic heterocycles. The Bertz CT molecular complexity index is 473. The molecule has 2 N–H and O–H groups in total. The number of hydrogen-bond donors (Lipinski definition) is 2. The summed E-state index contributed by atoms with van der Waals surface area (Å²) in [4.78, 5) is 0. The highest BCUT2D eigenvalue weighted by Gasteiger charge is 2.24. The molecule has 21 heavy (non-hydrogen) atoms. The van der Waals surface area contributed by atoms with Gasteiger partial charge < -0.3 is 19.9 Å². The molecule has 0 saturated heterocycles. The maximum Gasteiger partial charge on any atom is 0.124 e. The molecule has 0 aliphatic carbocycles. The standard InChI is InChI=1S/C17H27NO3/c1-5-20-17-7-13-6-12(4)21-16(13)8-14(17)15(10-19)18-9-11(2)3/h7-8,11-12,15,18-19H,5-6,9-10H2,1-4H3. The van der Waals surface area contributed by atoms with Crippen LogP contribution in [0.25, 0.3) is 0 Å². The second-order valence-electron chi connectivity index (χ2n) is 6.10. The van der Waals surface area contributed by atoms with Crippen molar-refractivity contribution in [2.24, 2.45) is 5.92 Å². The summed E-state index contributed by atoms with van der Waals surface area (Å²) >= 11 is 0. The molecule has 1 aromatic carbocycles. The topological polar surface area (TPSA) is 50.7 Å². The van der Waals surface area contributed by atoms with Crippen LogP contribution in [0.15, 0.2) is 12.1 Å². The third-order valence-electron chi connectivity index (χ3n) is 3.66. The molecule has 0 fully saturated rings. The molecule has 118 valence electrons. The summed E-state index contributed by atoms with van der Waals surface area (Å²) in [6.07, 6.45) is 1.12. The molecule has 0 saturated carbocycles. The molecule has 1 heterocycles. The number of fused-ring (bicyclic) bond motifs is 1. The summed E-state index contributed by atoms with van der Waals surface area (Å²) in [5, 5.41) is 13.1. The van der Waals surface area contributed by atoms with Crippen molar-refractivity contribution in [3.8, 4) is 11.5 Å². The van der Waals surface area contributed by atoms with E-state index in [1.165, 1.54) is 5.56 Å². The normalized spacial score (nSPS) is 18.5. The summed E-state index contributed by atoms with van der Waals surface area (Å²) < 4.78 is 11.6. The van der Waals surface area contributed by atoms with E-state index in [9.17, 15) is 5.11 Å². The minimum Gasteiger partial charge on any atom is -0.494 e. The maximum absolute atomic E-state index is 9.73. The Balaban J connectivity index is 2.29. The van der Waals surface area contributed by atoms with E-state index in [4.69, 9.17) is 9.47 Å². The Labute approximate surface area is 127 Å². The first-order valence-corrected chi connectivity index (χ1v) is 7.85. The van der Waals surface area contributed by atoms with E-state index in [1.807, 2.05) is 13.0 Å². The minimum absolute atomic E-state index is 0.0428. The van der Waals surface area contributed by atoms with Gasteiger partial charge >= 0.3 is 0 Å². The van der Waals surface area contributed by atoms with Gasteiger partial charge in [-0.2, -0.15) is 0 Å². The second kappa shape index (κ2) is 7.14. The fraction of sp³-hybridized carbons (Fsp3) is 0.647. The van der Waals surface area contributed by atoms with E-state index >= 15 is 0 Å². The van der Waals surface area contributed by atoms with Crippen LogP contribution in [0.2, 0.25) is 0 Å². The van der Waals surface area contributed by atoms with Gasteiger partial charge in [0.1, 0.15) is 17.6 Å². The first-order chi connectivity index (χ1) is 10.0. The molecular weight excluding hydrogens is 266 g/mol. The molecule has 0 spiro atoms. The van der Waals surface area contributed by atoms with E-state index in [2.05, 4.69) is 32.2 Å². The van der Waals surface area contributed by atoms with Gasteiger partial charge in [0.2, 0.25) is 0 Å². The van der Waals surface area contributed by atoms with Crippen LogP contribution in [0.3, 0.4) is 0 Å². The highest BCUT2D eigenvalue weighted by Crippen LogP contribution is 2.37. The summed E-state index contributed by atoms with van der Waals surface area (Å²) in [6.45, 7) is 9.86. The molecule has 0 bridgehead atoms. The van der Waals surface area contributed by atoms with Crippen LogP contribution in [-0.2, 0) is 6.42 Å². The molecule has 4 heteroatoms. The largest absolute Gasteiger partial charge is 0.494 e. The summed E-state index contributed by atoms with van der Waals surface area (Å²) in [5.41, 5.74) is 2.17. The van der Waals surface area contributed by atoms with Crippen LogP contribution in [0.4, 0.5) is 0 Å². The van der Waals surface area contributed by atoms with Crippen molar-refractivity contribution >= 4 is 0 Å². The predicted molar refractivity (Wildman–Crippen MR) is 84.1 cm³/mol. The monoisotopic (exact) mass is 293 g/mol. The quantitative estimate of drug-likeness (QED) is 0.811. The third kappa shape index (κ3) is 3.89. The van der Waals surface area contributed by atoms with Crippen LogP contribution < -0.4 is 14.8 Å². The van der Waals surface area contributed by atoms with Crippen molar-refractivity contribution < 1.29 is 14.6 Å². The number of benzene rings is 1. The SMILES string of the molecule is CCOc1cc2c(cc1C(CO)NCC(C)C)OC(C)C2. The van der Waals surface area contributed by atoms with E-state index < -0.39 is 0 Å². The van der Waals surface area contributed by atoms with Crippen molar-refractivity contribution in [2.75, 3.05) is 19.8 Å². The Morgan fingerprint density at radius 3 is 2.81 bits per heavy atom. The Kier molecular flexibility index (Phi) is 5.48. The Morgan fingerprint density at radius 1 is 1.43 bits per heavy atom. The summed E-state index contributed by atoms with van der Waals surface area (Å²) in [7, 11) is 0. The molecule has 0 amide bonds. The lowest BCUT2D eigenvalue weighted by molar-refractivity contribution is 0.233. The average Bonchev–Trinajstić information content (AvgIpc) is 2.78. The Hall–Kier alpha value is -1.26. The molecule has 2 rings (SSSR count). The maximum atomic E-state index is 9.73. The third-order valence-corrected chi connectivity index (χ3v) is 3.66. The number of nitrogens with one attached hydrogen (secondary N) is 1. The van der Waals surface area contributed by atoms with Crippen molar-refractivity contribution in [1.29, 1.82) is 0 Å². The predicted octanol–water partition coefficient (Wildman–Crippen LogP) is 2.69. The van der Waals surface area contributed by atoms with Gasteiger partial charge in [0.25, 0.3) is 0 Å². The number of rotatable bonds is 7. The highest BCUT2D eigenvalue weighted by molar-refractivity contribution is 5.50. The van der Waals surface area contributed by atoms with Crippen LogP contribution in [0.5, 0.6) is 11.5 Å². The minimum atomic E-state index is -0.126. The molecule has 2 unspecified atom stereocenters. The highest BCUT2D eigenvalue weighted by atomic mass is 16.5. The number of hydrogen-bond acceptors (Lipinski definition) is 4. The van der Waals surface area contributed by atoms with Crippen LogP contribution in [0.1, 0.15) is 44.9 Å². The van der Waals surface area contributed by atoms with Crippen LogP contribution >= 0.6 is 0 Å². The van der Waals surface area contributed by atoms with Crippen molar-refractivity contribution in [2.45, 2.75) is 46.3 Å². The molecule has 1 aliphatic heterocycles. The molecule has 4 nitrogen and oxygen atoms in total. The van der Waals surface area contributed by atoms with Gasteiger partial charge in [-0.1, -0.05) is 13.8 Å². The molecule has 1 aliphatic rings. The van der Waals surface area contributed by atoms with Crippen molar-refractivity contribution in [3.05, 3.63) is 23.3 Å². The van der Waals surface area contributed by atoms with Gasteiger partial charge in [0, 0.05) is 17.5 Å². The lowest BCUT2D eigenvalue weighted by atomic mass is 10.0. The lowest BCUT2D eigenvalue weighted by Crippen LogP contribution is -2.28. The zero-order valence-corrected chi connectivity index (χ0v) is 13.5. The fourth-order valence-electron chi connectivity index (χ4n) is 2.66. The number of aliphatic hydroxyl groups excluding tert-OH is 1. The van der Waals surface area contributed by atoms with Crippen LogP contribution in [0, 0.1) is 5.92 Å². The van der Waals surface area contributed by atoms with E-state index in [1.54, 1.807) is 0 Å². The molecule has 0 radical (unpaired) electrons. The second-order valence-corrected chi connectivity index (χ2v) is 6.10. The number of aliphatic hydroxyl groups is 1. The zero-order chi connectivity index (χ0) is 15.4. The van der Waals surface area contributed by atoms with Crippen molar-refractivity contribution in [3.63, 3.8) is 0 Å². The van der Waals surface area contributed by atoms with E-state index in [0.717, 1.165) is 30.0 Å². The fourth-order valence-corrected chi connectivity index (χ4v) is 2.66. The van der Waals surface area contributed by atoms with E-state index in [0.29, 0.717) is 12.5 Å². The van der Waals surface area contributed by atoms with Gasteiger partial charge in [-0.15, -0.1) is 0 Å².